The molecule has 0 fully saturated rings. The minimum absolute atomic E-state index is 0.345. The molecule has 0 unspecified atom stereocenters. The molecule has 0 saturated heterocycles. The number of hydrogen-bond donors (Lipinski definition) is 2. The lowest BCUT2D eigenvalue weighted by Crippen LogP contribution is -2.26. The molecule has 0 spiro atoms. The summed E-state index contributed by atoms with van der Waals surface area (Å²) in [5, 5.41) is 3.22. The summed E-state index contributed by atoms with van der Waals surface area (Å²) >= 11 is 5.03. The van der Waals surface area contributed by atoms with Gasteiger partial charge in [-0.1, -0.05) is 6.07 Å². The van der Waals surface area contributed by atoms with E-state index in [-0.39, 0.29) is 0 Å². The number of halogens is 1. The maximum absolute atomic E-state index is 12.3. The van der Waals surface area contributed by atoms with Crippen molar-refractivity contribution < 1.29 is 8.42 Å². The number of thiophene rings is 1. The van der Waals surface area contributed by atoms with Crippen LogP contribution in [0.4, 0.5) is 0 Å². The third-order valence-corrected chi connectivity index (χ3v) is 6.55. The molecule has 0 bridgehead atoms. The van der Waals surface area contributed by atoms with Crippen LogP contribution in [-0.2, 0) is 29.5 Å². The van der Waals surface area contributed by atoms with Crippen LogP contribution in [0.25, 0.3) is 0 Å². The Hall–Kier alpha value is -0.730. The van der Waals surface area contributed by atoms with Gasteiger partial charge in [-0.25, -0.2) is 13.1 Å². The Balaban J connectivity index is 1.66. The average Bonchev–Trinajstić information content (AvgIpc) is 3.06. The average molecular weight is 387 g/mol. The van der Waals surface area contributed by atoms with E-state index in [9.17, 15) is 8.42 Å². The Morgan fingerprint density at radius 2 is 2.00 bits per heavy atom. The normalized spacial score (nSPS) is 14.3. The minimum atomic E-state index is -3.43. The maximum Gasteiger partial charge on any atom is 0.240 e. The molecule has 7 heteroatoms. The molecule has 4 nitrogen and oxygen atoms in total. The minimum Gasteiger partial charge on any atom is -0.309 e. The largest absolute Gasteiger partial charge is 0.309 e. The maximum atomic E-state index is 12.3. The fourth-order valence-corrected chi connectivity index (χ4v) is 4.88. The Kier molecular flexibility index (Phi) is 4.46. The van der Waals surface area contributed by atoms with E-state index in [1.165, 1.54) is 5.56 Å². The summed E-state index contributed by atoms with van der Waals surface area (Å²) in [5.41, 5.74) is 2.25. The van der Waals surface area contributed by atoms with Crippen LogP contribution in [0.3, 0.4) is 0 Å². The van der Waals surface area contributed by atoms with E-state index in [1.54, 1.807) is 23.5 Å². The summed E-state index contributed by atoms with van der Waals surface area (Å²) in [6, 6.07) is 9.31. The number of hydrogen-bond acceptors (Lipinski definition) is 4. The van der Waals surface area contributed by atoms with Gasteiger partial charge in [-0.15, -0.1) is 11.3 Å². The lowest BCUT2D eigenvalue weighted by atomic mass is 10.1. The Labute approximate surface area is 136 Å². The summed E-state index contributed by atoms with van der Waals surface area (Å²) < 4.78 is 28.3. The lowest BCUT2D eigenvalue weighted by Gasteiger charge is -2.07. The van der Waals surface area contributed by atoms with E-state index >= 15 is 0 Å². The van der Waals surface area contributed by atoms with Gasteiger partial charge in [0.1, 0.15) is 0 Å². The molecule has 0 saturated carbocycles. The van der Waals surface area contributed by atoms with Crippen molar-refractivity contribution in [2.75, 3.05) is 6.54 Å². The molecule has 21 heavy (non-hydrogen) atoms. The van der Waals surface area contributed by atoms with Crippen molar-refractivity contribution in [3.8, 4) is 0 Å². The standard InChI is InChI=1S/C14H15BrN2O2S2/c15-14-4-2-12(20-14)5-6-17-21(18,19)13-3-1-10-8-16-9-11(10)7-13/h1-4,7,16-17H,5-6,8-9H2. The molecule has 1 aliphatic rings. The number of fused-ring (bicyclic) bond motifs is 1. The van der Waals surface area contributed by atoms with Crippen LogP contribution in [0, 0.1) is 0 Å². The molecule has 0 atom stereocenters. The molecule has 0 aliphatic carbocycles. The Morgan fingerprint density at radius 3 is 2.76 bits per heavy atom. The second-order valence-corrected chi connectivity index (χ2v) is 9.20. The highest BCUT2D eigenvalue weighted by Crippen LogP contribution is 2.23. The molecule has 2 heterocycles. The van der Waals surface area contributed by atoms with Gasteiger partial charge in [0.2, 0.25) is 10.0 Å². The fraction of sp³-hybridized carbons (Fsp3) is 0.286. The van der Waals surface area contributed by atoms with Crippen molar-refractivity contribution in [1.82, 2.24) is 10.0 Å². The molecule has 1 aliphatic heterocycles. The zero-order chi connectivity index (χ0) is 14.9. The van der Waals surface area contributed by atoms with E-state index in [2.05, 4.69) is 26.0 Å². The quantitative estimate of drug-likeness (QED) is 0.830. The smallest absolute Gasteiger partial charge is 0.240 e. The SMILES string of the molecule is O=S(=O)(NCCc1ccc(Br)s1)c1ccc2c(c1)CNC2. The van der Waals surface area contributed by atoms with Gasteiger partial charge in [-0.3, -0.25) is 0 Å². The molecule has 1 aromatic heterocycles. The third-order valence-electron chi connectivity index (χ3n) is 3.41. The second-order valence-electron chi connectivity index (χ2n) is 4.89. The first kappa shape index (κ1) is 15.2. The van der Waals surface area contributed by atoms with Gasteiger partial charge in [0.25, 0.3) is 0 Å². The molecule has 0 radical (unpaired) electrons. The summed E-state index contributed by atoms with van der Waals surface area (Å²) in [6.45, 7) is 1.96. The van der Waals surface area contributed by atoms with E-state index in [0.717, 1.165) is 27.3 Å². The Morgan fingerprint density at radius 1 is 1.19 bits per heavy atom. The molecule has 0 amide bonds. The second kappa shape index (κ2) is 6.18. The van der Waals surface area contributed by atoms with Crippen molar-refractivity contribution in [1.29, 1.82) is 0 Å². The van der Waals surface area contributed by atoms with Crippen molar-refractivity contribution in [2.45, 2.75) is 24.4 Å². The summed E-state index contributed by atoms with van der Waals surface area (Å²) in [4.78, 5) is 1.50. The highest BCUT2D eigenvalue weighted by Gasteiger charge is 2.17. The van der Waals surface area contributed by atoms with Crippen LogP contribution < -0.4 is 10.0 Å². The van der Waals surface area contributed by atoms with Crippen LogP contribution >= 0.6 is 27.3 Å². The zero-order valence-electron chi connectivity index (χ0n) is 11.2. The predicted octanol–water partition coefficient (Wildman–Crippen LogP) is 2.63. The first-order valence-corrected chi connectivity index (χ1v) is 9.70. The van der Waals surface area contributed by atoms with Gasteiger partial charge in [0, 0.05) is 24.5 Å². The van der Waals surface area contributed by atoms with Gasteiger partial charge in [-0.2, -0.15) is 0 Å². The topological polar surface area (TPSA) is 58.2 Å². The molecule has 3 rings (SSSR count). The Bertz CT molecular complexity index is 756. The van der Waals surface area contributed by atoms with E-state index in [4.69, 9.17) is 0 Å². The van der Waals surface area contributed by atoms with Crippen LogP contribution in [-0.4, -0.2) is 15.0 Å². The van der Waals surface area contributed by atoms with Gasteiger partial charge < -0.3 is 5.32 Å². The van der Waals surface area contributed by atoms with Crippen molar-refractivity contribution in [2.24, 2.45) is 0 Å². The summed E-state index contributed by atoms with van der Waals surface area (Å²) in [7, 11) is -3.43. The van der Waals surface area contributed by atoms with Crippen LogP contribution in [0.15, 0.2) is 39.0 Å². The van der Waals surface area contributed by atoms with Crippen LogP contribution in [0.1, 0.15) is 16.0 Å². The summed E-state index contributed by atoms with van der Waals surface area (Å²) in [6.07, 6.45) is 0.696. The number of benzene rings is 1. The van der Waals surface area contributed by atoms with Crippen molar-refractivity contribution in [3.63, 3.8) is 0 Å². The molecular weight excluding hydrogens is 372 g/mol. The monoisotopic (exact) mass is 386 g/mol. The van der Waals surface area contributed by atoms with Gasteiger partial charge in [-0.05, 0) is 57.7 Å². The number of rotatable bonds is 5. The first-order chi connectivity index (χ1) is 10.0. The van der Waals surface area contributed by atoms with E-state index < -0.39 is 10.0 Å². The van der Waals surface area contributed by atoms with E-state index in [1.807, 2.05) is 18.2 Å². The third kappa shape index (κ3) is 3.54. The molecular formula is C14H15BrN2O2S2. The van der Waals surface area contributed by atoms with Crippen molar-refractivity contribution >= 4 is 37.3 Å². The zero-order valence-corrected chi connectivity index (χ0v) is 14.4. The molecule has 2 aromatic rings. The number of sulfonamides is 1. The van der Waals surface area contributed by atoms with Gasteiger partial charge >= 0.3 is 0 Å². The molecule has 112 valence electrons. The van der Waals surface area contributed by atoms with Gasteiger partial charge in [0.15, 0.2) is 0 Å². The van der Waals surface area contributed by atoms with Crippen molar-refractivity contribution in [3.05, 3.63) is 50.1 Å². The predicted molar refractivity (Wildman–Crippen MR) is 87.9 cm³/mol. The van der Waals surface area contributed by atoms with E-state index in [0.29, 0.717) is 17.9 Å². The molecule has 1 aromatic carbocycles. The first-order valence-electron chi connectivity index (χ1n) is 6.61. The van der Waals surface area contributed by atoms with Crippen LogP contribution in [0.5, 0.6) is 0 Å². The highest BCUT2D eigenvalue weighted by atomic mass is 79.9. The highest BCUT2D eigenvalue weighted by molar-refractivity contribution is 9.11. The summed E-state index contributed by atoms with van der Waals surface area (Å²) in [5.74, 6) is 0. The molecule has 2 N–H and O–H groups in total. The fourth-order valence-electron chi connectivity index (χ4n) is 2.32. The lowest BCUT2D eigenvalue weighted by molar-refractivity contribution is 0.581. The van der Waals surface area contributed by atoms with Gasteiger partial charge in [0.05, 0.1) is 8.68 Å². The number of nitrogens with one attached hydrogen (secondary N) is 2. The van der Waals surface area contributed by atoms with Crippen LogP contribution in [0.2, 0.25) is 0 Å².